The molecule has 0 saturated heterocycles. The lowest BCUT2D eigenvalue weighted by Crippen LogP contribution is -2.26. The van der Waals surface area contributed by atoms with Gasteiger partial charge in [-0.3, -0.25) is 4.79 Å². The summed E-state index contributed by atoms with van der Waals surface area (Å²) in [6.07, 6.45) is 0.766. The molecule has 1 aliphatic rings. The normalized spacial score (nSPS) is 12.6. The number of hydrogen-bond acceptors (Lipinski definition) is 4. The van der Waals surface area contributed by atoms with Crippen molar-refractivity contribution < 1.29 is 18.7 Å². The fourth-order valence-corrected chi connectivity index (χ4v) is 3.49. The number of furan rings is 1. The molecule has 0 radical (unpaired) electrons. The van der Waals surface area contributed by atoms with Gasteiger partial charge in [0.1, 0.15) is 11.3 Å². The summed E-state index contributed by atoms with van der Waals surface area (Å²) in [6, 6.07) is 11.2. The fraction of sp³-hybridized carbons (Fsp3) is 0.250. The molecule has 0 saturated carbocycles. The lowest BCUT2D eigenvalue weighted by Gasteiger charge is -2.18. The minimum absolute atomic E-state index is 0.114. The summed E-state index contributed by atoms with van der Waals surface area (Å²) in [6.45, 7) is 2.61. The van der Waals surface area contributed by atoms with Crippen LogP contribution in [0.4, 0.5) is 0 Å². The molecule has 6 heteroatoms. The van der Waals surface area contributed by atoms with Crippen LogP contribution in [0.25, 0.3) is 11.0 Å². The Morgan fingerprint density at radius 2 is 2.04 bits per heavy atom. The van der Waals surface area contributed by atoms with Gasteiger partial charge in [0.25, 0.3) is 5.91 Å². The van der Waals surface area contributed by atoms with Gasteiger partial charge >= 0.3 is 0 Å². The minimum atomic E-state index is -0.141. The van der Waals surface area contributed by atoms with E-state index in [2.05, 4.69) is 0 Å². The molecule has 2 aromatic carbocycles. The molecule has 1 aromatic heterocycles. The summed E-state index contributed by atoms with van der Waals surface area (Å²) >= 11 is 6.20. The van der Waals surface area contributed by atoms with Gasteiger partial charge in [-0.15, -0.1) is 0 Å². The maximum Gasteiger partial charge on any atom is 0.254 e. The van der Waals surface area contributed by atoms with Gasteiger partial charge in [0.15, 0.2) is 11.5 Å². The summed E-state index contributed by atoms with van der Waals surface area (Å²) in [5, 5.41) is 1.41. The van der Waals surface area contributed by atoms with Crippen molar-refractivity contribution in [1.29, 1.82) is 0 Å². The zero-order valence-corrected chi connectivity index (χ0v) is 15.3. The van der Waals surface area contributed by atoms with Crippen molar-refractivity contribution in [2.24, 2.45) is 0 Å². The van der Waals surface area contributed by atoms with E-state index in [4.69, 9.17) is 25.5 Å². The number of aryl methyl sites for hydroxylation is 1. The van der Waals surface area contributed by atoms with Gasteiger partial charge in [0, 0.05) is 36.5 Å². The lowest BCUT2D eigenvalue weighted by atomic mass is 10.1. The van der Waals surface area contributed by atoms with Gasteiger partial charge in [-0.25, -0.2) is 0 Å². The first kappa shape index (κ1) is 16.8. The standard InChI is InChI=1S/C20H18ClNO4/c1-3-16-14(13-6-4-5-7-17(13)26-16)10-22(2)20(23)12-8-15(21)19-18(9-12)24-11-25-19/h4-9H,3,10-11H2,1-2H3. The second kappa shape index (κ2) is 6.57. The first-order chi connectivity index (χ1) is 12.6. The summed E-state index contributed by atoms with van der Waals surface area (Å²) < 4.78 is 16.6. The quantitative estimate of drug-likeness (QED) is 0.669. The summed E-state index contributed by atoms with van der Waals surface area (Å²) in [5.74, 6) is 1.74. The van der Waals surface area contributed by atoms with Crippen molar-refractivity contribution in [3.05, 3.63) is 58.3 Å². The largest absolute Gasteiger partial charge is 0.461 e. The summed E-state index contributed by atoms with van der Waals surface area (Å²) in [7, 11) is 1.77. The third-order valence-electron chi connectivity index (χ3n) is 4.52. The van der Waals surface area contributed by atoms with Crippen LogP contribution in [0.1, 0.15) is 28.6 Å². The SMILES string of the molecule is CCc1oc2ccccc2c1CN(C)C(=O)c1cc(Cl)c2c(c1)OCO2. The molecule has 0 atom stereocenters. The molecule has 1 aliphatic heterocycles. The van der Waals surface area contributed by atoms with E-state index >= 15 is 0 Å². The Hall–Kier alpha value is -2.66. The number of halogens is 1. The molecular formula is C20H18ClNO4. The van der Waals surface area contributed by atoms with E-state index in [-0.39, 0.29) is 12.7 Å². The molecule has 134 valence electrons. The third kappa shape index (κ3) is 2.78. The molecule has 0 unspecified atom stereocenters. The highest BCUT2D eigenvalue weighted by Crippen LogP contribution is 2.40. The van der Waals surface area contributed by atoms with Gasteiger partial charge < -0.3 is 18.8 Å². The van der Waals surface area contributed by atoms with E-state index in [0.717, 1.165) is 28.7 Å². The first-order valence-electron chi connectivity index (χ1n) is 8.42. The lowest BCUT2D eigenvalue weighted by molar-refractivity contribution is 0.0784. The van der Waals surface area contributed by atoms with Crippen LogP contribution in [0.15, 0.2) is 40.8 Å². The average molecular weight is 372 g/mol. The highest BCUT2D eigenvalue weighted by atomic mass is 35.5. The van der Waals surface area contributed by atoms with Crippen molar-refractivity contribution in [3.8, 4) is 11.5 Å². The fourth-order valence-electron chi connectivity index (χ4n) is 3.23. The predicted octanol–water partition coefficient (Wildman–Crippen LogP) is 4.65. The van der Waals surface area contributed by atoms with E-state index < -0.39 is 0 Å². The van der Waals surface area contributed by atoms with Crippen molar-refractivity contribution in [1.82, 2.24) is 4.90 Å². The Bertz CT molecular complexity index is 995. The molecule has 26 heavy (non-hydrogen) atoms. The Morgan fingerprint density at radius 3 is 2.85 bits per heavy atom. The van der Waals surface area contributed by atoms with Gasteiger partial charge in [-0.2, -0.15) is 0 Å². The molecule has 1 amide bonds. The highest BCUT2D eigenvalue weighted by molar-refractivity contribution is 6.32. The number of hydrogen-bond donors (Lipinski definition) is 0. The van der Waals surface area contributed by atoms with Crippen LogP contribution in [0, 0.1) is 0 Å². The van der Waals surface area contributed by atoms with Crippen LogP contribution in [-0.2, 0) is 13.0 Å². The number of benzene rings is 2. The summed E-state index contributed by atoms with van der Waals surface area (Å²) in [5.41, 5.74) is 2.34. The Labute approximate surface area is 156 Å². The number of nitrogens with zero attached hydrogens (tertiary/aromatic N) is 1. The topological polar surface area (TPSA) is 51.9 Å². The van der Waals surface area contributed by atoms with Crippen molar-refractivity contribution in [2.75, 3.05) is 13.8 Å². The molecule has 0 aliphatic carbocycles. The highest BCUT2D eigenvalue weighted by Gasteiger charge is 2.23. The van der Waals surface area contributed by atoms with Crippen LogP contribution in [0.3, 0.4) is 0 Å². The number of ether oxygens (including phenoxy) is 2. The molecule has 0 N–H and O–H groups in total. The Balaban J connectivity index is 1.64. The summed E-state index contributed by atoms with van der Waals surface area (Å²) in [4.78, 5) is 14.6. The molecule has 0 fully saturated rings. The zero-order valence-electron chi connectivity index (χ0n) is 14.5. The molecular weight excluding hydrogens is 354 g/mol. The number of para-hydroxylation sites is 1. The smallest absolute Gasteiger partial charge is 0.254 e. The molecule has 0 spiro atoms. The number of carbonyl (C=O) groups excluding carboxylic acids is 1. The van der Waals surface area contributed by atoms with Gasteiger partial charge in [-0.05, 0) is 18.2 Å². The maximum absolute atomic E-state index is 12.9. The second-order valence-electron chi connectivity index (χ2n) is 6.21. The minimum Gasteiger partial charge on any atom is -0.461 e. The van der Waals surface area contributed by atoms with E-state index in [1.807, 2.05) is 31.2 Å². The van der Waals surface area contributed by atoms with Crippen LogP contribution in [-0.4, -0.2) is 24.6 Å². The van der Waals surface area contributed by atoms with Gasteiger partial charge in [0.05, 0.1) is 5.02 Å². The number of amides is 1. The van der Waals surface area contributed by atoms with Crippen LogP contribution < -0.4 is 9.47 Å². The molecule has 0 bridgehead atoms. The number of fused-ring (bicyclic) bond motifs is 2. The van der Waals surface area contributed by atoms with E-state index in [0.29, 0.717) is 28.6 Å². The number of rotatable bonds is 4. The molecule has 2 heterocycles. The molecule has 5 nitrogen and oxygen atoms in total. The maximum atomic E-state index is 12.9. The van der Waals surface area contributed by atoms with Gasteiger partial charge in [0.2, 0.25) is 6.79 Å². The monoisotopic (exact) mass is 371 g/mol. The first-order valence-corrected chi connectivity index (χ1v) is 8.80. The Kier molecular flexibility index (Phi) is 4.24. The number of carbonyl (C=O) groups is 1. The van der Waals surface area contributed by atoms with Crippen LogP contribution in [0.2, 0.25) is 5.02 Å². The zero-order chi connectivity index (χ0) is 18.3. The van der Waals surface area contributed by atoms with Crippen LogP contribution >= 0.6 is 11.6 Å². The van der Waals surface area contributed by atoms with E-state index in [1.54, 1.807) is 24.1 Å². The van der Waals surface area contributed by atoms with Gasteiger partial charge in [-0.1, -0.05) is 36.7 Å². The van der Waals surface area contributed by atoms with Crippen LogP contribution in [0.5, 0.6) is 11.5 Å². The molecule has 3 aromatic rings. The van der Waals surface area contributed by atoms with E-state index in [9.17, 15) is 4.79 Å². The Morgan fingerprint density at radius 1 is 1.23 bits per heavy atom. The van der Waals surface area contributed by atoms with E-state index in [1.165, 1.54) is 0 Å². The third-order valence-corrected chi connectivity index (χ3v) is 4.80. The molecule has 4 rings (SSSR count). The van der Waals surface area contributed by atoms with Crippen molar-refractivity contribution >= 4 is 28.5 Å². The van der Waals surface area contributed by atoms with Crippen molar-refractivity contribution in [3.63, 3.8) is 0 Å². The second-order valence-corrected chi connectivity index (χ2v) is 6.61. The van der Waals surface area contributed by atoms with Crippen molar-refractivity contribution in [2.45, 2.75) is 19.9 Å². The predicted molar refractivity (Wildman–Crippen MR) is 99.0 cm³/mol. The average Bonchev–Trinajstić information content (AvgIpc) is 3.26.